The van der Waals surface area contributed by atoms with Crippen molar-refractivity contribution in [3.8, 4) is 0 Å². The second-order valence-electron chi connectivity index (χ2n) is 4.68. The van der Waals surface area contributed by atoms with Crippen LogP contribution in [0.4, 0.5) is 11.6 Å². The molecule has 0 saturated heterocycles. The normalized spacial score (nSPS) is 23.7. The summed E-state index contributed by atoms with van der Waals surface area (Å²) in [6.45, 7) is 2.95. The standard InChI is InChI=1S/C13H22N4S/c1-3-14-12-8-13(16-9-15-12)17-10-5-4-6-11(7-10)18-2/h8-11H,3-7H2,1-2H3,(H2,14,15,16,17). The van der Waals surface area contributed by atoms with Gasteiger partial charge in [0.25, 0.3) is 0 Å². The first kappa shape index (κ1) is 13.5. The molecule has 1 saturated carbocycles. The fourth-order valence-corrected chi connectivity index (χ4v) is 3.24. The van der Waals surface area contributed by atoms with E-state index in [0.717, 1.165) is 23.4 Å². The van der Waals surface area contributed by atoms with Crippen LogP contribution in [0.2, 0.25) is 0 Å². The average molecular weight is 266 g/mol. The van der Waals surface area contributed by atoms with E-state index >= 15 is 0 Å². The van der Waals surface area contributed by atoms with Crippen molar-refractivity contribution in [3.63, 3.8) is 0 Å². The molecule has 5 heteroatoms. The Kier molecular flexibility index (Phi) is 5.11. The Balaban J connectivity index is 1.93. The topological polar surface area (TPSA) is 49.8 Å². The Hall–Kier alpha value is -0.970. The van der Waals surface area contributed by atoms with Crippen LogP contribution >= 0.6 is 11.8 Å². The first-order valence-corrected chi connectivity index (χ1v) is 7.96. The van der Waals surface area contributed by atoms with Gasteiger partial charge in [-0.25, -0.2) is 9.97 Å². The maximum atomic E-state index is 4.30. The lowest BCUT2D eigenvalue weighted by Crippen LogP contribution is -2.28. The van der Waals surface area contributed by atoms with E-state index in [9.17, 15) is 0 Å². The predicted octanol–water partition coefficient (Wildman–Crippen LogP) is 2.99. The van der Waals surface area contributed by atoms with E-state index in [2.05, 4.69) is 33.8 Å². The largest absolute Gasteiger partial charge is 0.370 e. The third-order valence-electron chi connectivity index (χ3n) is 3.34. The molecule has 0 radical (unpaired) electrons. The van der Waals surface area contributed by atoms with Crippen molar-refractivity contribution in [1.29, 1.82) is 0 Å². The second-order valence-corrected chi connectivity index (χ2v) is 5.82. The predicted molar refractivity (Wildman–Crippen MR) is 79.4 cm³/mol. The Morgan fingerprint density at radius 1 is 1.33 bits per heavy atom. The molecule has 1 aromatic heterocycles. The molecule has 0 amide bonds. The summed E-state index contributed by atoms with van der Waals surface area (Å²) in [6, 6.07) is 2.55. The van der Waals surface area contributed by atoms with Crippen molar-refractivity contribution in [1.82, 2.24) is 9.97 Å². The van der Waals surface area contributed by atoms with Crippen LogP contribution in [0, 0.1) is 0 Å². The third kappa shape index (κ3) is 3.77. The summed E-state index contributed by atoms with van der Waals surface area (Å²) in [5, 5.41) is 7.55. The number of hydrogen-bond donors (Lipinski definition) is 2. The number of hydrogen-bond acceptors (Lipinski definition) is 5. The van der Waals surface area contributed by atoms with Crippen molar-refractivity contribution < 1.29 is 0 Å². The zero-order chi connectivity index (χ0) is 12.8. The highest BCUT2D eigenvalue weighted by Crippen LogP contribution is 2.28. The van der Waals surface area contributed by atoms with Gasteiger partial charge in [-0.1, -0.05) is 6.42 Å². The molecule has 100 valence electrons. The van der Waals surface area contributed by atoms with E-state index in [4.69, 9.17) is 0 Å². The van der Waals surface area contributed by atoms with Crippen LogP contribution in [0.1, 0.15) is 32.6 Å². The van der Waals surface area contributed by atoms with E-state index in [1.54, 1.807) is 6.33 Å². The van der Waals surface area contributed by atoms with Crippen LogP contribution < -0.4 is 10.6 Å². The van der Waals surface area contributed by atoms with Gasteiger partial charge in [-0.15, -0.1) is 0 Å². The molecule has 1 heterocycles. The molecule has 1 aliphatic carbocycles. The molecule has 0 aliphatic heterocycles. The zero-order valence-corrected chi connectivity index (χ0v) is 12.0. The van der Waals surface area contributed by atoms with Crippen LogP contribution in [0.15, 0.2) is 12.4 Å². The molecule has 0 bridgehead atoms. The maximum Gasteiger partial charge on any atom is 0.131 e. The molecule has 18 heavy (non-hydrogen) atoms. The highest BCUT2D eigenvalue weighted by Gasteiger charge is 2.21. The average Bonchev–Trinajstić information content (AvgIpc) is 2.40. The first-order chi connectivity index (χ1) is 8.81. The van der Waals surface area contributed by atoms with Gasteiger partial charge >= 0.3 is 0 Å². The van der Waals surface area contributed by atoms with Gasteiger partial charge in [-0.3, -0.25) is 0 Å². The van der Waals surface area contributed by atoms with Crippen molar-refractivity contribution in [2.24, 2.45) is 0 Å². The lowest BCUT2D eigenvalue weighted by atomic mass is 9.95. The molecule has 2 atom stereocenters. The Labute approximate surface area is 113 Å². The molecular formula is C13H22N4S. The number of rotatable bonds is 5. The van der Waals surface area contributed by atoms with E-state index in [1.807, 2.05) is 17.8 Å². The minimum absolute atomic E-state index is 0.556. The minimum atomic E-state index is 0.556. The highest BCUT2D eigenvalue weighted by atomic mass is 32.2. The van der Waals surface area contributed by atoms with Crippen molar-refractivity contribution in [2.45, 2.75) is 43.9 Å². The molecule has 4 nitrogen and oxygen atoms in total. The zero-order valence-electron chi connectivity index (χ0n) is 11.1. The minimum Gasteiger partial charge on any atom is -0.370 e. The summed E-state index contributed by atoms with van der Waals surface area (Å²) in [7, 11) is 0. The van der Waals surface area contributed by atoms with Crippen LogP contribution in [0.3, 0.4) is 0 Å². The molecule has 0 spiro atoms. The van der Waals surface area contributed by atoms with Crippen molar-refractivity contribution >= 4 is 23.4 Å². The van der Waals surface area contributed by atoms with Crippen LogP contribution in [-0.4, -0.2) is 34.1 Å². The van der Waals surface area contributed by atoms with Gasteiger partial charge in [-0.2, -0.15) is 11.8 Å². The molecule has 1 fully saturated rings. The summed E-state index contributed by atoms with van der Waals surface area (Å²) < 4.78 is 0. The quantitative estimate of drug-likeness (QED) is 0.858. The summed E-state index contributed by atoms with van der Waals surface area (Å²) in [5.74, 6) is 1.83. The third-order valence-corrected chi connectivity index (χ3v) is 4.43. The molecule has 2 unspecified atom stereocenters. The van der Waals surface area contributed by atoms with Crippen molar-refractivity contribution in [3.05, 3.63) is 12.4 Å². The van der Waals surface area contributed by atoms with Gasteiger partial charge in [0.1, 0.15) is 18.0 Å². The lowest BCUT2D eigenvalue weighted by molar-refractivity contribution is 0.472. The summed E-state index contributed by atoms with van der Waals surface area (Å²) in [4.78, 5) is 8.48. The molecular weight excluding hydrogens is 244 g/mol. The van der Waals surface area contributed by atoms with E-state index < -0.39 is 0 Å². The summed E-state index contributed by atoms with van der Waals surface area (Å²) >= 11 is 1.99. The number of aromatic nitrogens is 2. The highest BCUT2D eigenvalue weighted by molar-refractivity contribution is 7.99. The summed E-state index contributed by atoms with van der Waals surface area (Å²) in [5.41, 5.74) is 0. The summed E-state index contributed by atoms with van der Waals surface area (Å²) in [6.07, 6.45) is 8.98. The van der Waals surface area contributed by atoms with Crippen molar-refractivity contribution in [2.75, 3.05) is 23.4 Å². The Bertz CT molecular complexity index is 372. The van der Waals surface area contributed by atoms with Gasteiger partial charge in [0.2, 0.25) is 0 Å². The SMILES string of the molecule is CCNc1cc(NC2CCCC(SC)C2)ncn1. The van der Waals surface area contributed by atoms with Crippen LogP contribution in [0.5, 0.6) is 0 Å². The number of nitrogens with one attached hydrogen (secondary N) is 2. The Morgan fingerprint density at radius 2 is 2.17 bits per heavy atom. The van der Waals surface area contributed by atoms with Gasteiger partial charge in [0.15, 0.2) is 0 Å². The number of thioether (sulfide) groups is 1. The second kappa shape index (κ2) is 6.83. The van der Waals surface area contributed by atoms with Gasteiger partial charge in [-0.05, 0) is 32.4 Å². The van der Waals surface area contributed by atoms with Gasteiger partial charge in [0.05, 0.1) is 0 Å². The fourth-order valence-electron chi connectivity index (χ4n) is 2.41. The molecule has 2 rings (SSSR count). The molecule has 1 aliphatic rings. The van der Waals surface area contributed by atoms with Crippen LogP contribution in [0.25, 0.3) is 0 Å². The smallest absolute Gasteiger partial charge is 0.131 e. The van der Waals surface area contributed by atoms with Gasteiger partial charge in [0, 0.05) is 23.9 Å². The number of nitrogens with zero attached hydrogens (tertiary/aromatic N) is 2. The Morgan fingerprint density at radius 3 is 2.94 bits per heavy atom. The number of anilines is 2. The van der Waals surface area contributed by atoms with E-state index in [1.165, 1.54) is 25.7 Å². The van der Waals surface area contributed by atoms with E-state index in [0.29, 0.717) is 6.04 Å². The van der Waals surface area contributed by atoms with Gasteiger partial charge < -0.3 is 10.6 Å². The molecule has 2 N–H and O–H groups in total. The maximum absolute atomic E-state index is 4.30. The molecule has 1 aromatic rings. The first-order valence-electron chi connectivity index (χ1n) is 6.67. The fraction of sp³-hybridized carbons (Fsp3) is 0.692. The van der Waals surface area contributed by atoms with E-state index in [-0.39, 0.29) is 0 Å². The van der Waals surface area contributed by atoms with Crippen LogP contribution in [-0.2, 0) is 0 Å². The molecule has 0 aromatic carbocycles. The monoisotopic (exact) mass is 266 g/mol. The lowest BCUT2D eigenvalue weighted by Gasteiger charge is -2.29.